The van der Waals surface area contributed by atoms with Crippen molar-refractivity contribution in [1.82, 2.24) is 10.6 Å². The maximum atomic E-state index is 12.3. The van der Waals surface area contributed by atoms with E-state index >= 15 is 0 Å². The van der Waals surface area contributed by atoms with Crippen molar-refractivity contribution in [3.8, 4) is 0 Å². The number of nitrogens with one attached hydrogen (secondary N) is 2. The maximum absolute atomic E-state index is 12.3. The molecular weight excluding hydrogens is 312 g/mol. The van der Waals surface area contributed by atoms with Gasteiger partial charge in [-0.15, -0.1) is 0 Å². The monoisotopic (exact) mass is 334 g/mol. The molecule has 2 amide bonds. The van der Waals surface area contributed by atoms with E-state index in [0.717, 1.165) is 5.56 Å². The van der Waals surface area contributed by atoms with E-state index in [9.17, 15) is 9.59 Å². The molecule has 0 radical (unpaired) electrons. The lowest BCUT2D eigenvalue weighted by Crippen LogP contribution is -2.44. The normalized spacial score (nSPS) is 28.2. The number of aryl methyl sites for hydroxylation is 1. The molecule has 0 aliphatic carbocycles. The highest BCUT2D eigenvalue weighted by Crippen LogP contribution is 2.29. The van der Waals surface area contributed by atoms with Crippen LogP contribution in [0.5, 0.6) is 0 Å². The van der Waals surface area contributed by atoms with E-state index in [1.807, 2.05) is 26.0 Å². The summed E-state index contributed by atoms with van der Waals surface area (Å²) in [7, 11) is 0. The zero-order valence-electron chi connectivity index (χ0n) is 13.8. The van der Waals surface area contributed by atoms with E-state index in [2.05, 4.69) is 10.6 Å². The summed E-state index contributed by atoms with van der Waals surface area (Å²) in [6.07, 6.45) is -1.60. The first-order valence-corrected chi connectivity index (χ1v) is 8.13. The molecule has 2 aliphatic heterocycles. The Morgan fingerprint density at radius 3 is 2.58 bits per heavy atom. The van der Waals surface area contributed by atoms with Gasteiger partial charge in [-0.2, -0.15) is 0 Å². The Morgan fingerprint density at radius 1 is 1.17 bits per heavy atom. The van der Waals surface area contributed by atoms with E-state index in [4.69, 9.17) is 14.2 Å². The minimum absolute atomic E-state index is 0.166. The molecule has 3 rings (SSSR count). The number of amides is 2. The lowest BCUT2D eigenvalue weighted by Gasteiger charge is -2.18. The minimum Gasteiger partial charge on any atom is -0.441 e. The number of alkyl carbamates (subject to hydrolysis) is 1. The largest absolute Gasteiger partial charge is 0.441 e. The molecule has 0 aromatic heterocycles. The number of hydrogen-bond acceptors (Lipinski definition) is 5. The fraction of sp³-hybridized carbons (Fsp3) is 0.529. The third-order valence-corrected chi connectivity index (χ3v) is 4.22. The highest BCUT2D eigenvalue weighted by Gasteiger charge is 2.50. The van der Waals surface area contributed by atoms with Gasteiger partial charge in [0.15, 0.2) is 6.10 Å². The first-order chi connectivity index (χ1) is 11.6. The van der Waals surface area contributed by atoms with Crippen LogP contribution in [0.25, 0.3) is 0 Å². The zero-order valence-corrected chi connectivity index (χ0v) is 13.8. The Hall–Kier alpha value is -2.12. The summed E-state index contributed by atoms with van der Waals surface area (Å²) < 4.78 is 16.7. The van der Waals surface area contributed by atoms with E-state index in [1.165, 1.54) is 0 Å². The molecule has 0 saturated carbocycles. The summed E-state index contributed by atoms with van der Waals surface area (Å²) in [5.74, 6) is -0.166. The average molecular weight is 334 g/mol. The van der Waals surface area contributed by atoms with Crippen LogP contribution in [0.4, 0.5) is 4.79 Å². The van der Waals surface area contributed by atoms with Gasteiger partial charge in [0.2, 0.25) is 0 Å². The molecule has 4 atom stereocenters. The van der Waals surface area contributed by atoms with Gasteiger partial charge in [0.05, 0.1) is 19.3 Å². The molecule has 7 heteroatoms. The van der Waals surface area contributed by atoms with E-state index in [1.54, 1.807) is 12.1 Å². The van der Waals surface area contributed by atoms with Crippen molar-refractivity contribution in [1.29, 1.82) is 0 Å². The van der Waals surface area contributed by atoms with E-state index in [-0.39, 0.29) is 30.8 Å². The molecule has 2 heterocycles. The second-order valence-corrected chi connectivity index (χ2v) is 6.02. The average Bonchev–Trinajstić information content (AvgIpc) is 3.12. The van der Waals surface area contributed by atoms with Crippen molar-refractivity contribution < 1.29 is 23.8 Å². The van der Waals surface area contributed by atoms with Crippen LogP contribution in [-0.2, 0) is 14.2 Å². The molecule has 0 spiro atoms. The van der Waals surface area contributed by atoms with Crippen molar-refractivity contribution in [2.75, 3.05) is 19.8 Å². The van der Waals surface area contributed by atoms with E-state index < -0.39 is 12.2 Å². The number of fused-ring (bicyclic) bond motifs is 1. The number of rotatable bonds is 4. The molecule has 2 N–H and O–H groups in total. The summed E-state index contributed by atoms with van der Waals surface area (Å²) in [6, 6.07) is 7.10. The van der Waals surface area contributed by atoms with Crippen molar-refractivity contribution in [3.05, 3.63) is 35.4 Å². The highest BCUT2D eigenvalue weighted by atomic mass is 16.6. The lowest BCUT2D eigenvalue weighted by atomic mass is 10.1. The van der Waals surface area contributed by atoms with E-state index in [0.29, 0.717) is 18.7 Å². The molecule has 2 saturated heterocycles. The summed E-state index contributed by atoms with van der Waals surface area (Å²) in [4.78, 5) is 23.9. The molecule has 2 fully saturated rings. The van der Waals surface area contributed by atoms with Gasteiger partial charge in [-0.25, -0.2) is 4.79 Å². The van der Waals surface area contributed by atoms with Crippen LogP contribution < -0.4 is 10.6 Å². The Balaban J connectivity index is 1.57. The van der Waals surface area contributed by atoms with Gasteiger partial charge < -0.3 is 24.8 Å². The SMILES string of the molecule is CCNC(=O)O[C@@H]1CO[C@H]2[C@@H]1OC[C@@H]2NC(=O)c1ccc(C)cc1. The van der Waals surface area contributed by atoms with Crippen LogP contribution in [0, 0.1) is 6.92 Å². The van der Waals surface area contributed by atoms with Crippen LogP contribution >= 0.6 is 0 Å². The predicted octanol–water partition coefficient (Wildman–Crippen LogP) is 1.01. The molecule has 1 aromatic carbocycles. The van der Waals surface area contributed by atoms with Crippen molar-refractivity contribution in [2.24, 2.45) is 0 Å². The van der Waals surface area contributed by atoms with Gasteiger partial charge in [0, 0.05) is 12.1 Å². The van der Waals surface area contributed by atoms with Gasteiger partial charge in [-0.3, -0.25) is 4.79 Å². The number of carbonyl (C=O) groups excluding carboxylic acids is 2. The third kappa shape index (κ3) is 3.52. The van der Waals surface area contributed by atoms with Crippen LogP contribution in [0.1, 0.15) is 22.8 Å². The fourth-order valence-corrected chi connectivity index (χ4v) is 2.97. The van der Waals surface area contributed by atoms with Gasteiger partial charge in [-0.1, -0.05) is 17.7 Å². The Kier molecular flexibility index (Phi) is 5.01. The first-order valence-electron chi connectivity index (χ1n) is 8.13. The Morgan fingerprint density at radius 2 is 1.88 bits per heavy atom. The highest BCUT2D eigenvalue weighted by molar-refractivity contribution is 5.94. The predicted molar refractivity (Wildman–Crippen MR) is 85.9 cm³/mol. The summed E-state index contributed by atoms with van der Waals surface area (Å²) in [5.41, 5.74) is 1.69. The Bertz CT molecular complexity index is 604. The smallest absolute Gasteiger partial charge is 0.407 e. The molecule has 1 aromatic rings. The van der Waals surface area contributed by atoms with Crippen LogP contribution in [0.3, 0.4) is 0 Å². The van der Waals surface area contributed by atoms with Gasteiger partial charge in [-0.05, 0) is 26.0 Å². The maximum Gasteiger partial charge on any atom is 0.407 e. The topological polar surface area (TPSA) is 85.9 Å². The number of carbonyl (C=O) groups is 2. The number of hydrogen-bond donors (Lipinski definition) is 2. The quantitative estimate of drug-likeness (QED) is 0.858. The minimum atomic E-state index is -0.484. The lowest BCUT2D eigenvalue weighted by molar-refractivity contribution is 0.00408. The summed E-state index contributed by atoms with van der Waals surface area (Å²) in [5, 5.41) is 5.52. The van der Waals surface area contributed by atoms with Gasteiger partial charge in [0.1, 0.15) is 12.2 Å². The molecule has 130 valence electrons. The number of benzene rings is 1. The van der Waals surface area contributed by atoms with Gasteiger partial charge >= 0.3 is 6.09 Å². The molecule has 0 bridgehead atoms. The molecule has 2 aliphatic rings. The Labute approximate surface area is 140 Å². The molecule has 7 nitrogen and oxygen atoms in total. The van der Waals surface area contributed by atoms with Gasteiger partial charge in [0.25, 0.3) is 5.91 Å². The van der Waals surface area contributed by atoms with Crippen LogP contribution in [0.15, 0.2) is 24.3 Å². The standard InChI is InChI=1S/C17H22N2O5/c1-3-18-17(21)24-13-9-23-14-12(8-22-15(13)14)19-16(20)11-6-4-10(2)5-7-11/h4-7,12-15H,3,8-9H2,1-2H3,(H,18,21)(H,19,20)/t12-,13+,14+,15+/m0/s1. The second kappa shape index (κ2) is 7.19. The van der Waals surface area contributed by atoms with Crippen molar-refractivity contribution in [3.63, 3.8) is 0 Å². The molecule has 24 heavy (non-hydrogen) atoms. The second-order valence-electron chi connectivity index (χ2n) is 6.02. The fourth-order valence-electron chi connectivity index (χ4n) is 2.97. The third-order valence-electron chi connectivity index (χ3n) is 4.22. The zero-order chi connectivity index (χ0) is 17.1. The van der Waals surface area contributed by atoms with Crippen molar-refractivity contribution in [2.45, 2.75) is 38.2 Å². The molecule has 0 unspecified atom stereocenters. The number of ether oxygens (including phenoxy) is 3. The molecular formula is C17H22N2O5. The first kappa shape index (κ1) is 16.7. The van der Waals surface area contributed by atoms with Crippen LogP contribution in [-0.4, -0.2) is 56.1 Å². The summed E-state index contributed by atoms with van der Waals surface area (Å²) >= 11 is 0. The van der Waals surface area contributed by atoms with Crippen molar-refractivity contribution >= 4 is 12.0 Å². The van der Waals surface area contributed by atoms with Crippen LogP contribution in [0.2, 0.25) is 0 Å². The summed E-state index contributed by atoms with van der Waals surface area (Å²) in [6.45, 7) is 4.89.